The summed E-state index contributed by atoms with van der Waals surface area (Å²) in [5.74, 6) is -1.57. The van der Waals surface area contributed by atoms with Crippen molar-refractivity contribution in [1.29, 1.82) is 0 Å². The van der Waals surface area contributed by atoms with E-state index in [4.69, 9.17) is 16.7 Å². The molecule has 3 rings (SSSR count). The van der Waals surface area contributed by atoms with Crippen LogP contribution in [0.2, 0.25) is 5.02 Å². The van der Waals surface area contributed by atoms with Crippen LogP contribution in [0.15, 0.2) is 47.4 Å². The van der Waals surface area contributed by atoms with Crippen LogP contribution in [0.5, 0.6) is 0 Å². The van der Waals surface area contributed by atoms with E-state index in [0.29, 0.717) is 10.6 Å². The van der Waals surface area contributed by atoms with Gasteiger partial charge in [-0.3, -0.25) is 9.59 Å². The average Bonchev–Trinajstić information content (AvgIpc) is 2.58. The number of carbonyl (C=O) groups is 2. The van der Waals surface area contributed by atoms with Crippen LogP contribution in [0.4, 0.5) is 18.9 Å². The number of fused-ring (bicyclic) bond motifs is 1. The Labute approximate surface area is 161 Å². The maximum absolute atomic E-state index is 13.1. The summed E-state index contributed by atoms with van der Waals surface area (Å²) in [5, 5.41) is 7.78. The Morgan fingerprint density at radius 3 is 2.59 bits per heavy atom. The van der Waals surface area contributed by atoms with E-state index in [0.717, 1.165) is 23.9 Å². The highest BCUT2D eigenvalue weighted by Gasteiger charge is 2.36. The first kappa shape index (κ1) is 19.6. The number of carbonyl (C=O) groups excluding carboxylic acids is 1. The zero-order chi connectivity index (χ0) is 19.8. The van der Waals surface area contributed by atoms with Gasteiger partial charge < -0.3 is 10.0 Å². The number of alkyl halides is 3. The summed E-state index contributed by atoms with van der Waals surface area (Å²) in [7, 11) is 0. The second-order valence-corrected chi connectivity index (χ2v) is 7.56. The van der Waals surface area contributed by atoms with Crippen molar-refractivity contribution in [2.45, 2.75) is 29.3 Å². The molecule has 0 fully saturated rings. The lowest BCUT2D eigenvalue weighted by atomic mass is 10.1. The molecule has 1 unspecified atom stereocenters. The largest absolute Gasteiger partial charge is 0.481 e. The van der Waals surface area contributed by atoms with Crippen LogP contribution < -0.4 is 4.90 Å². The summed E-state index contributed by atoms with van der Waals surface area (Å²) in [4.78, 5) is 25.9. The number of hydrogen-bond donors (Lipinski definition) is 1. The molecule has 0 saturated carbocycles. The number of rotatable bonds is 4. The molecule has 1 heterocycles. The van der Waals surface area contributed by atoms with Gasteiger partial charge >= 0.3 is 12.1 Å². The molecular weight excluding hydrogens is 403 g/mol. The van der Waals surface area contributed by atoms with Gasteiger partial charge in [-0.1, -0.05) is 29.8 Å². The van der Waals surface area contributed by atoms with E-state index in [1.54, 1.807) is 24.3 Å². The van der Waals surface area contributed by atoms with E-state index >= 15 is 0 Å². The summed E-state index contributed by atoms with van der Waals surface area (Å²) >= 11 is 6.79. The Hall–Kier alpha value is -2.19. The smallest absolute Gasteiger partial charge is 0.417 e. The Morgan fingerprint density at radius 1 is 1.22 bits per heavy atom. The lowest BCUT2D eigenvalue weighted by Gasteiger charge is -2.33. The molecule has 0 aromatic heterocycles. The molecule has 1 N–H and O–H groups in total. The first-order chi connectivity index (χ1) is 12.7. The maximum atomic E-state index is 13.1. The topological polar surface area (TPSA) is 57.6 Å². The zero-order valence-corrected chi connectivity index (χ0v) is 15.2. The van der Waals surface area contributed by atoms with Crippen LogP contribution in [0.1, 0.15) is 17.5 Å². The molecule has 27 heavy (non-hydrogen) atoms. The lowest BCUT2D eigenvalue weighted by Crippen LogP contribution is -2.41. The number of para-hydroxylation sites is 1. The summed E-state index contributed by atoms with van der Waals surface area (Å²) < 4.78 is 39.3. The van der Waals surface area contributed by atoms with Crippen molar-refractivity contribution >= 4 is 40.9 Å². The SMILES string of the molecule is O=C(O)CC1Sc2ccccc2N(Cc2ccc(Cl)c(C(F)(F)F)c2)C1=O. The highest BCUT2D eigenvalue weighted by atomic mass is 35.5. The van der Waals surface area contributed by atoms with Gasteiger partial charge in [0.05, 0.1) is 34.5 Å². The molecule has 142 valence electrons. The predicted molar refractivity (Wildman–Crippen MR) is 96.0 cm³/mol. The minimum absolute atomic E-state index is 0.118. The fourth-order valence-corrected chi connectivity index (χ4v) is 4.24. The van der Waals surface area contributed by atoms with Crippen LogP contribution in [0.25, 0.3) is 0 Å². The first-order valence-corrected chi connectivity index (χ1v) is 9.07. The molecule has 0 saturated heterocycles. The Balaban J connectivity index is 1.97. The van der Waals surface area contributed by atoms with Crippen LogP contribution in [-0.4, -0.2) is 22.2 Å². The normalized spacial score (nSPS) is 17.0. The standard InChI is InChI=1S/C18H13ClF3NO3S/c19-12-6-5-10(7-11(12)18(20,21)22)9-23-13-3-1-2-4-14(13)27-15(17(23)26)8-16(24)25/h1-7,15H,8-9H2,(H,24,25). The molecule has 0 bridgehead atoms. The van der Waals surface area contributed by atoms with Crippen molar-refractivity contribution in [2.24, 2.45) is 0 Å². The molecule has 2 aromatic rings. The number of carboxylic acid groups (broad SMARTS) is 1. The average molecular weight is 416 g/mol. The third-order valence-electron chi connectivity index (χ3n) is 4.00. The molecule has 1 amide bonds. The van der Waals surface area contributed by atoms with E-state index in [2.05, 4.69) is 0 Å². The van der Waals surface area contributed by atoms with Crippen molar-refractivity contribution < 1.29 is 27.9 Å². The second kappa shape index (κ2) is 7.44. The number of carboxylic acids is 1. The fourth-order valence-electron chi connectivity index (χ4n) is 2.80. The van der Waals surface area contributed by atoms with Crippen molar-refractivity contribution in [1.82, 2.24) is 0 Å². The first-order valence-electron chi connectivity index (χ1n) is 7.81. The minimum atomic E-state index is -4.61. The predicted octanol–water partition coefficient (Wildman–Crippen LogP) is 4.84. The van der Waals surface area contributed by atoms with Gasteiger partial charge in [-0.25, -0.2) is 0 Å². The molecule has 2 aromatic carbocycles. The number of benzene rings is 2. The monoisotopic (exact) mass is 415 g/mol. The van der Waals surface area contributed by atoms with E-state index < -0.39 is 33.9 Å². The number of nitrogens with zero attached hydrogens (tertiary/aromatic N) is 1. The second-order valence-electron chi connectivity index (χ2n) is 5.91. The zero-order valence-electron chi connectivity index (χ0n) is 13.7. The number of amides is 1. The number of anilines is 1. The number of thioether (sulfide) groups is 1. The fraction of sp³-hybridized carbons (Fsp3) is 0.222. The van der Waals surface area contributed by atoms with Crippen LogP contribution in [0, 0.1) is 0 Å². The number of halogens is 4. The molecule has 1 aliphatic heterocycles. The van der Waals surface area contributed by atoms with Gasteiger partial charge in [0, 0.05) is 4.90 Å². The lowest BCUT2D eigenvalue weighted by molar-refractivity contribution is -0.138. The maximum Gasteiger partial charge on any atom is 0.417 e. The van der Waals surface area contributed by atoms with E-state index in [-0.39, 0.29) is 18.5 Å². The van der Waals surface area contributed by atoms with Crippen LogP contribution in [0.3, 0.4) is 0 Å². The Kier molecular flexibility index (Phi) is 5.39. The highest BCUT2D eigenvalue weighted by molar-refractivity contribution is 8.01. The van der Waals surface area contributed by atoms with Gasteiger partial charge in [-0.15, -0.1) is 11.8 Å². The van der Waals surface area contributed by atoms with Gasteiger partial charge in [0.2, 0.25) is 5.91 Å². The van der Waals surface area contributed by atoms with Gasteiger partial charge in [0.15, 0.2) is 0 Å². The van der Waals surface area contributed by atoms with Gasteiger partial charge in [-0.05, 0) is 29.8 Å². The van der Waals surface area contributed by atoms with Crippen LogP contribution >= 0.6 is 23.4 Å². The van der Waals surface area contributed by atoms with E-state index in [9.17, 15) is 22.8 Å². The van der Waals surface area contributed by atoms with E-state index in [1.165, 1.54) is 11.0 Å². The Morgan fingerprint density at radius 2 is 1.93 bits per heavy atom. The van der Waals surface area contributed by atoms with Crippen molar-refractivity contribution in [3.05, 3.63) is 58.6 Å². The summed E-state index contributed by atoms with van der Waals surface area (Å²) in [6, 6.07) is 10.4. The quantitative estimate of drug-likeness (QED) is 0.776. The molecule has 0 aliphatic carbocycles. The van der Waals surface area contributed by atoms with E-state index in [1.807, 2.05) is 0 Å². The molecule has 4 nitrogen and oxygen atoms in total. The molecule has 0 radical (unpaired) electrons. The minimum Gasteiger partial charge on any atom is -0.481 e. The van der Waals surface area contributed by atoms with Crippen molar-refractivity contribution in [3.8, 4) is 0 Å². The van der Waals surface area contributed by atoms with Crippen LogP contribution in [-0.2, 0) is 22.3 Å². The van der Waals surface area contributed by atoms with Gasteiger partial charge in [-0.2, -0.15) is 13.2 Å². The Bertz CT molecular complexity index is 904. The summed E-state index contributed by atoms with van der Waals surface area (Å²) in [6.07, 6.45) is -4.98. The molecule has 1 atom stereocenters. The number of aliphatic carboxylic acids is 1. The third-order valence-corrected chi connectivity index (χ3v) is 5.59. The molecule has 9 heteroatoms. The van der Waals surface area contributed by atoms with Gasteiger partial charge in [0.1, 0.15) is 0 Å². The summed E-state index contributed by atoms with van der Waals surface area (Å²) in [5.41, 5.74) is -0.190. The summed E-state index contributed by atoms with van der Waals surface area (Å²) in [6.45, 7) is -0.118. The van der Waals surface area contributed by atoms with Gasteiger partial charge in [0.25, 0.3) is 0 Å². The third kappa shape index (κ3) is 4.22. The number of hydrogen-bond acceptors (Lipinski definition) is 3. The molecular formula is C18H13ClF3NO3S. The van der Waals surface area contributed by atoms with Crippen molar-refractivity contribution in [2.75, 3.05) is 4.90 Å². The molecule has 0 spiro atoms. The highest BCUT2D eigenvalue weighted by Crippen LogP contribution is 2.41. The molecule has 1 aliphatic rings. The van der Waals surface area contributed by atoms with Crippen molar-refractivity contribution in [3.63, 3.8) is 0 Å².